The lowest BCUT2D eigenvalue weighted by atomic mass is 10.2. The zero-order valence-electron chi connectivity index (χ0n) is 14.4. The van der Waals surface area contributed by atoms with E-state index < -0.39 is 18.7 Å². The van der Waals surface area contributed by atoms with Gasteiger partial charge in [0.05, 0.1) is 24.1 Å². The van der Waals surface area contributed by atoms with Crippen LogP contribution in [-0.2, 0) is 0 Å². The van der Waals surface area contributed by atoms with Crippen molar-refractivity contribution in [2.75, 3.05) is 5.32 Å². The lowest BCUT2D eigenvalue weighted by Crippen LogP contribution is -2.32. The summed E-state index contributed by atoms with van der Waals surface area (Å²) >= 11 is 3.17. The Morgan fingerprint density at radius 2 is 1.89 bits per heavy atom. The van der Waals surface area contributed by atoms with Crippen LogP contribution < -0.4 is 15.4 Å². The second-order valence-corrected chi connectivity index (χ2v) is 6.34. The summed E-state index contributed by atoms with van der Waals surface area (Å²) in [5, 5.41) is 13.2. The first kappa shape index (κ1) is 19.6. The number of urea groups is 1. The molecule has 0 radical (unpaired) electrons. The number of hydrogen-bond donors (Lipinski definition) is 2. The van der Waals surface area contributed by atoms with E-state index in [1.54, 1.807) is 13.0 Å². The molecule has 1 aromatic carbocycles. The number of ether oxygens (including phenoxy) is 1. The van der Waals surface area contributed by atoms with Crippen LogP contribution in [0, 0.1) is 0 Å². The Balaban J connectivity index is 1.75. The second kappa shape index (κ2) is 8.69. The molecule has 146 valence electrons. The van der Waals surface area contributed by atoms with E-state index in [-0.39, 0.29) is 11.4 Å². The van der Waals surface area contributed by atoms with E-state index in [0.717, 1.165) is 0 Å². The van der Waals surface area contributed by atoms with E-state index in [0.29, 0.717) is 16.0 Å². The number of carbonyl (C=O) groups excluding carboxylic acids is 1. The third-order valence-corrected chi connectivity index (χ3v) is 3.97. The molecule has 0 saturated heterocycles. The topological polar surface area (TPSA) is 107 Å². The summed E-state index contributed by atoms with van der Waals surface area (Å²) in [5.74, 6) is 0.179. The van der Waals surface area contributed by atoms with Crippen molar-refractivity contribution in [1.82, 2.24) is 30.3 Å². The highest BCUT2D eigenvalue weighted by molar-refractivity contribution is 9.10. The minimum absolute atomic E-state index is 0.0845. The van der Waals surface area contributed by atoms with Gasteiger partial charge in [-0.15, -0.1) is 4.80 Å². The molecule has 0 aliphatic heterocycles. The van der Waals surface area contributed by atoms with Gasteiger partial charge in [0.2, 0.25) is 0 Å². The van der Waals surface area contributed by atoms with Gasteiger partial charge >= 0.3 is 12.6 Å². The summed E-state index contributed by atoms with van der Waals surface area (Å²) in [6.07, 6.45) is 5.93. The molecule has 3 rings (SSSR count). The lowest BCUT2D eigenvalue weighted by Gasteiger charge is -2.17. The van der Waals surface area contributed by atoms with Crippen molar-refractivity contribution in [3.8, 4) is 11.6 Å². The number of amides is 2. The smallest absolute Gasteiger partial charge is 0.387 e. The van der Waals surface area contributed by atoms with Gasteiger partial charge in [-0.05, 0) is 25.1 Å². The molecule has 0 bridgehead atoms. The highest BCUT2D eigenvalue weighted by atomic mass is 79.9. The van der Waals surface area contributed by atoms with E-state index >= 15 is 0 Å². The molecule has 2 aromatic heterocycles. The maximum atomic E-state index is 12.6. The summed E-state index contributed by atoms with van der Waals surface area (Å²) in [7, 11) is 0. The standard InChI is InChI=1S/C16H14BrF2N7O2/c1-9(13-14(21-5-4-20-13)26-22-6-7-23-26)24-16(27)25-11-3-2-10(17)8-12(11)28-15(18)19/h2-9,15H,1H3,(H2,24,25,27). The summed E-state index contributed by atoms with van der Waals surface area (Å²) in [6.45, 7) is -1.34. The molecular formula is C16H14BrF2N7O2. The van der Waals surface area contributed by atoms with Gasteiger partial charge in [0, 0.05) is 16.9 Å². The van der Waals surface area contributed by atoms with Gasteiger partial charge in [0.15, 0.2) is 11.6 Å². The van der Waals surface area contributed by atoms with Crippen LogP contribution in [0.25, 0.3) is 5.82 Å². The minimum Gasteiger partial charge on any atom is -0.433 e. The molecule has 2 amide bonds. The van der Waals surface area contributed by atoms with Crippen LogP contribution >= 0.6 is 15.9 Å². The van der Waals surface area contributed by atoms with Gasteiger partial charge in [0.1, 0.15) is 5.69 Å². The van der Waals surface area contributed by atoms with Crippen LogP contribution in [-0.4, -0.2) is 37.6 Å². The van der Waals surface area contributed by atoms with Crippen LogP contribution in [0.2, 0.25) is 0 Å². The van der Waals surface area contributed by atoms with Crippen molar-refractivity contribution in [3.63, 3.8) is 0 Å². The Bertz CT molecular complexity index is 956. The van der Waals surface area contributed by atoms with Crippen molar-refractivity contribution in [2.24, 2.45) is 0 Å². The molecule has 3 aromatic rings. The van der Waals surface area contributed by atoms with Crippen LogP contribution in [0.1, 0.15) is 18.7 Å². The van der Waals surface area contributed by atoms with Gasteiger partial charge in [-0.3, -0.25) is 4.98 Å². The van der Waals surface area contributed by atoms with E-state index in [1.165, 1.54) is 41.7 Å². The molecule has 0 spiro atoms. The van der Waals surface area contributed by atoms with Crippen molar-refractivity contribution >= 4 is 27.6 Å². The highest BCUT2D eigenvalue weighted by Gasteiger charge is 2.19. The number of benzene rings is 1. The molecule has 0 saturated carbocycles. The SMILES string of the molecule is CC(NC(=O)Nc1ccc(Br)cc1OC(F)F)c1nccnc1-n1nccn1. The zero-order valence-corrected chi connectivity index (χ0v) is 16.0. The molecule has 0 aliphatic carbocycles. The maximum Gasteiger partial charge on any atom is 0.387 e. The molecule has 9 nitrogen and oxygen atoms in total. The minimum atomic E-state index is -3.03. The Kier molecular flexibility index (Phi) is 6.09. The first-order chi connectivity index (χ1) is 13.4. The van der Waals surface area contributed by atoms with Gasteiger partial charge < -0.3 is 15.4 Å². The third-order valence-electron chi connectivity index (χ3n) is 3.48. The number of alkyl halides is 2. The normalized spacial score (nSPS) is 11.9. The van der Waals surface area contributed by atoms with E-state index in [4.69, 9.17) is 0 Å². The monoisotopic (exact) mass is 453 g/mol. The van der Waals surface area contributed by atoms with E-state index in [2.05, 4.69) is 51.5 Å². The van der Waals surface area contributed by atoms with Gasteiger partial charge in [-0.25, -0.2) is 9.78 Å². The Hall–Kier alpha value is -3.15. The van der Waals surface area contributed by atoms with Crippen LogP contribution in [0.15, 0.2) is 47.5 Å². The number of rotatable bonds is 6. The highest BCUT2D eigenvalue weighted by Crippen LogP contribution is 2.30. The van der Waals surface area contributed by atoms with Crippen molar-refractivity contribution < 1.29 is 18.3 Å². The third kappa shape index (κ3) is 4.76. The van der Waals surface area contributed by atoms with Crippen molar-refractivity contribution in [2.45, 2.75) is 19.6 Å². The lowest BCUT2D eigenvalue weighted by molar-refractivity contribution is -0.0493. The molecule has 28 heavy (non-hydrogen) atoms. The largest absolute Gasteiger partial charge is 0.433 e. The summed E-state index contributed by atoms with van der Waals surface area (Å²) in [5.41, 5.74) is 0.509. The molecular weight excluding hydrogens is 440 g/mol. The number of hydrogen-bond acceptors (Lipinski definition) is 6. The van der Waals surface area contributed by atoms with Crippen molar-refractivity contribution in [3.05, 3.63) is 53.2 Å². The molecule has 12 heteroatoms. The van der Waals surface area contributed by atoms with E-state index in [1.807, 2.05) is 0 Å². The van der Waals surface area contributed by atoms with Crippen molar-refractivity contribution in [1.29, 1.82) is 0 Å². The number of aromatic nitrogens is 5. The molecule has 0 aliphatic rings. The van der Waals surface area contributed by atoms with Crippen LogP contribution in [0.3, 0.4) is 0 Å². The summed E-state index contributed by atoms with van der Waals surface area (Å²) < 4.78 is 30.1. The molecule has 2 N–H and O–H groups in total. The first-order valence-electron chi connectivity index (χ1n) is 7.93. The van der Waals surface area contributed by atoms with Crippen LogP contribution in [0.5, 0.6) is 5.75 Å². The number of halogens is 3. The first-order valence-corrected chi connectivity index (χ1v) is 8.73. The Labute approximate surface area is 166 Å². The predicted octanol–water partition coefficient (Wildman–Crippen LogP) is 3.30. The average Bonchev–Trinajstić information content (AvgIpc) is 3.18. The summed E-state index contributed by atoms with van der Waals surface area (Å²) in [6, 6.07) is 3.13. The molecule has 0 fully saturated rings. The van der Waals surface area contributed by atoms with Gasteiger partial charge in [-0.2, -0.15) is 19.0 Å². The van der Waals surface area contributed by atoms with Crippen LogP contribution in [0.4, 0.5) is 19.3 Å². The molecule has 1 atom stereocenters. The Morgan fingerprint density at radius 1 is 1.18 bits per heavy atom. The second-order valence-electron chi connectivity index (χ2n) is 5.42. The predicted molar refractivity (Wildman–Crippen MR) is 98.3 cm³/mol. The fourth-order valence-corrected chi connectivity index (χ4v) is 2.68. The quantitative estimate of drug-likeness (QED) is 0.592. The van der Waals surface area contributed by atoms with Gasteiger partial charge in [0.25, 0.3) is 0 Å². The fourth-order valence-electron chi connectivity index (χ4n) is 2.34. The number of anilines is 1. The number of nitrogens with zero attached hydrogens (tertiary/aromatic N) is 5. The average molecular weight is 454 g/mol. The molecule has 1 unspecified atom stereocenters. The maximum absolute atomic E-state index is 12.6. The Morgan fingerprint density at radius 3 is 2.61 bits per heavy atom. The fraction of sp³-hybridized carbons (Fsp3) is 0.188. The zero-order chi connectivity index (χ0) is 20.1. The van der Waals surface area contributed by atoms with Gasteiger partial charge in [-0.1, -0.05) is 15.9 Å². The van der Waals surface area contributed by atoms with E-state index in [9.17, 15) is 13.6 Å². The number of nitrogens with one attached hydrogen (secondary N) is 2. The molecule has 2 heterocycles. The summed E-state index contributed by atoms with van der Waals surface area (Å²) in [4.78, 5) is 22.0. The number of carbonyl (C=O) groups is 1.